The van der Waals surface area contributed by atoms with E-state index in [1.54, 1.807) is 0 Å². The number of ether oxygens (including phenoxy) is 1. The summed E-state index contributed by atoms with van der Waals surface area (Å²) in [4.78, 5) is 36.3. The minimum Gasteiger partial charge on any atom is -0.468 e. The monoisotopic (exact) mass is 562 g/mol. The Morgan fingerprint density at radius 3 is 2.36 bits per heavy atom. The van der Waals surface area contributed by atoms with E-state index in [9.17, 15) is 9.59 Å². The number of carbonyl (C=O) groups is 2. The zero-order valence-electron chi connectivity index (χ0n) is 24.1. The maximum absolute atomic E-state index is 13.8. The summed E-state index contributed by atoms with van der Waals surface area (Å²) in [7, 11) is 1.45. The average Bonchev–Trinajstić information content (AvgIpc) is 3.47. The van der Waals surface area contributed by atoms with Crippen molar-refractivity contribution in [2.24, 2.45) is 0 Å². The molecule has 1 aromatic heterocycles. The highest BCUT2D eigenvalue weighted by Crippen LogP contribution is 2.29. The lowest BCUT2D eigenvalue weighted by atomic mass is 10.0. The molecule has 0 bridgehead atoms. The number of hydrogen-bond donors (Lipinski definition) is 1. The number of para-hydroxylation sites is 1. The Kier molecular flexibility index (Phi) is 8.58. The van der Waals surface area contributed by atoms with Gasteiger partial charge in [0, 0.05) is 36.1 Å². The number of nitrogens with zero attached hydrogens (tertiary/aromatic N) is 3. The van der Waals surface area contributed by atoms with Gasteiger partial charge in [0.05, 0.1) is 23.9 Å². The SMILES string of the molecule is COC(=O)[C@@H]1C[C@@H](NC(=O)c2cc(-c3ccccc3)nc3ccccc23)CN1C1CCN(CCc2ccccc2)CC1. The van der Waals surface area contributed by atoms with Gasteiger partial charge < -0.3 is 15.0 Å². The van der Waals surface area contributed by atoms with Gasteiger partial charge in [0.2, 0.25) is 0 Å². The first-order valence-corrected chi connectivity index (χ1v) is 14.9. The molecule has 3 heterocycles. The number of likely N-dealkylation sites (tertiary alicyclic amines) is 2. The van der Waals surface area contributed by atoms with Crippen molar-refractivity contribution in [1.82, 2.24) is 20.1 Å². The van der Waals surface area contributed by atoms with Crippen LogP contribution in [0.25, 0.3) is 22.2 Å². The quantitative estimate of drug-likeness (QED) is 0.306. The molecule has 7 heteroatoms. The summed E-state index contributed by atoms with van der Waals surface area (Å²) in [5, 5.41) is 4.08. The Morgan fingerprint density at radius 1 is 0.929 bits per heavy atom. The number of fused-ring (bicyclic) bond motifs is 1. The van der Waals surface area contributed by atoms with Crippen molar-refractivity contribution < 1.29 is 14.3 Å². The molecule has 216 valence electrons. The van der Waals surface area contributed by atoms with Crippen molar-refractivity contribution in [2.45, 2.75) is 43.8 Å². The average molecular weight is 563 g/mol. The van der Waals surface area contributed by atoms with Crippen molar-refractivity contribution in [1.29, 1.82) is 0 Å². The number of nitrogens with one attached hydrogen (secondary N) is 1. The molecule has 2 atom stereocenters. The summed E-state index contributed by atoms with van der Waals surface area (Å²) < 4.78 is 5.21. The number of methoxy groups -OCH3 is 1. The van der Waals surface area contributed by atoms with Crippen molar-refractivity contribution in [3.8, 4) is 11.3 Å². The molecule has 1 N–H and O–H groups in total. The van der Waals surface area contributed by atoms with Gasteiger partial charge in [-0.1, -0.05) is 78.9 Å². The fourth-order valence-corrected chi connectivity index (χ4v) is 6.53. The summed E-state index contributed by atoms with van der Waals surface area (Å²) >= 11 is 0. The van der Waals surface area contributed by atoms with Crippen LogP contribution >= 0.6 is 0 Å². The number of aromatic nitrogens is 1. The van der Waals surface area contributed by atoms with Gasteiger partial charge in [0.15, 0.2) is 0 Å². The molecule has 1 amide bonds. The second-order valence-corrected chi connectivity index (χ2v) is 11.4. The molecular formula is C35H38N4O3. The van der Waals surface area contributed by atoms with Crippen molar-refractivity contribution in [2.75, 3.05) is 33.3 Å². The summed E-state index contributed by atoms with van der Waals surface area (Å²) in [6.45, 7) is 3.68. The van der Waals surface area contributed by atoms with Crippen LogP contribution in [-0.2, 0) is 16.0 Å². The fourth-order valence-electron chi connectivity index (χ4n) is 6.53. The number of esters is 1. The molecule has 0 unspecified atom stereocenters. The molecule has 42 heavy (non-hydrogen) atoms. The van der Waals surface area contributed by atoms with Gasteiger partial charge in [-0.2, -0.15) is 0 Å². The first-order chi connectivity index (χ1) is 20.6. The maximum Gasteiger partial charge on any atom is 0.323 e. The minimum atomic E-state index is -0.352. The number of benzene rings is 3. The number of carbonyl (C=O) groups excluding carboxylic acids is 2. The van der Waals surface area contributed by atoms with Gasteiger partial charge in [-0.25, -0.2) is 4.98 Å². The lowest BCUT2D eigenvalue weighted by molar-refractivity contribution is -0.147. The smallest absolute Gasteiger partial charge is 0.323 e. The standard InChI is InChI=1S/C35H38N4O3/c1-42-35(41)33-22-27(24-39(33)28-17-20-38(21-18-28)19-16-25-10-4-2-5-11-25)36-34(40)30-23-32(26-12-6-3-7-13-26)37-31-15-9-8-14-29(30)31/h2-15,23,27-28,33H,16-22,24H2,1H3,(H,36,40)/t27-,33+/m1/s1. The van der Waals surface area contributed by atoms with Gasteiger partial charge in [-0.3, -0.25) is 14.5 Å². The Labute approximate surface area is 247 Å². The molecule has 0 aliphatic carbocycles. The van der Waals surface area contributed by atoms with Gasteiger partial charge in [0.25, 0.3) is 5.91 Å². The zero-order chi connectivity index (χ0) is 28.9. The van der Waals surface area contributed by atoms with Crippen LogP contribution in [0, 0.1) is 0 Å². The molecule has 0 radical (unpaired) electrons. The molecule has 6 rings (SSSR count). The number of hydrogen-bond acceptors (Lipinski definition) is 6. The van der Waals surface area contributed by atoms with Crippen LogP contribution in [0.15, 0.2) is 91.0 Å². The lowest BCUT2D eigenvalue weighted by Gasteiger charge is -2.38. The first-order valence-electron chi connectivity index (χ1n) is 14.9. The van der Waals surface area contributed by atoms with E-state index in [-0.39, 0.29) is 30.0 Å². The van der Waals surface area contributed by atoms with E-state index >= 15 is 0 Å². The van der Waals surface area contributed by atoms with Gasteiger partial charge in [-0.15, -0.1) is 0 Å². The maximum atomic E-state index is 13.8. The first kappa shape index (κ1) is 28.1. The van der Waals surface area contributed by atoms with Crippen molar-refractivity contribution in [3.05, 3.63) is 102 Å². The molecule has 2 fully saturated rings. The second-order valence-electron chi connectivity index (χ2n) is 11.4. The minimum absolute atomic E-state index is 0.142. The Bertz CT molecular complexity index is 1520. The molecular weight excluding hydrogens is 524 g/mol. The molecule has 2 aliphatic rings. The fraction of sp³-hybridized carbons (Fsp3) is 0.343. The van der Waals surface area contributed by atoms with E-state index in [2.05, 4.69) is 45.4 Å². The van der Waals surface area contributed by atoms with Gasteiger partial charge in [0.1, 0.15) is 6.04 Å². The van der Waals surface area contributed by atoms with E-state index < -0.39 is 0 Å². The number of rotatable bonds is 8. The third-order valence-corrected chi connectivity index (χ3v) is 8.76. The normalized spacial score (nSPS) is 20.0. The topological polar surface area (TPSA) is 74.8 Å². The molecule has 3 aromatic carbocycles. The predicted octanol–water partition coefficient (Wildman–Crippen LogP) is 4.95. The second kappa shape index (κ2) is 12.8. The van der Waals surface area contributed by atoms with Crippen molar-refractivity contribution >= 4 is 22.8 Å². The van der Waals surface area contributed by atoms with E-state index in [1.807, 2.05) is 60.7 Å². The van der Waals surface area contributed by atoms with E-state index in [4.69, 9.17) is 9.72 Å². The third-order valence-electron chi connectivity index (χ3n) is 8.76. The van der Waals surface area contributed by atoms with Crippen LogP contribution < -0.4 is 5.32 Å². The third kappa shape index (κ3) is 6.22. The molecule has 0 saturated carbocycles. The highest BCUT2D eigenvalue weighted by molar-refractivity contribution is 6.07. The number of pyridine rings is 1. The number of piperidine rings is 1. The molecule has 4 aromatic rings. The molecule has 7 nitrogen and oxygen atoms in total. The molecule has 2 aliphatic heterocycles. The zero-order valence-corrected chi connectivity index (χ0v) is 24.1. The van der Waals surface area contributed by atoms with Crippen LogP contribution in [-0.4, -0.2) is 78.1 Å². The Morgan fingerprint density at radius 2 is 1.62 bits per heavy atom. The van der Waals surface area contributed by atoms with Crippen LogP contribution in [0.1, 0.15) is 35.2 Å². The summed E-state index contributed by atoms with van der Waals surface area (Å²) in [6.07, 6.45) is 3.59. The predicted molar refractivity (Wildman–Crippen MR) is 165 cm³/mol. The lowest BCUT2D eigenvalue weighted by Crippen LogP contribution is -2.49. The van der Waals surface area contributed by atoms with Crippen LogP contribution in [0.4, 0.5) is 0 Å². The Hall–Kier alpha value is -4.07. The number of amides is 1. The highest BCUT2D eigenvalue weighted by atomic mass is 16.5. The largest absolute Gasteiger partial charge is 0.468 e. The summed E-state index contributed by atoms with van der Waals surface area (Å²) in [5.74, 6) is -0.365. The van der Waals surface area contributed by atoms with Crippen molar-refractivity contribution in [3.63, 3.8) is 0 Å². The molecule has 0 spiro atoms. The Balaban J connectivity index is 1.14. The summed E-state index contributed by atoms with van der Waals surface area (Å²) in [6, 6.07) is 29.9. The van der Waals surface area contributed by atoms with Gasteiger partial charge in [-0.05, 0) is 56.5 Å². The molecule has 2 saturated heterocycles. The summed E-state index contributed by atoms with van der Waals surface area (Å²) in [5.41, 5.74) is 4.47. The van der Waals surface area contributed by atoms with Crippen LogP contribution in [0.5, 0.6) is 0 Å². The van der Waals surface area contributed by atoms with E-state index in [0.717, 1.165) is 61.1 Å². The van der Waals surface area contributed by atoms with Crippen LogP contribution in [0.3, 0.4) is 0 Å². The van der Waals surface area contributed by atoms with E-state index in [0.29, 0.717) is 18.5 Å². The van der Waals surface area contributed by atoms with Gasteiger partial charge >= 0.3 is 5.97 Å². The highest BCUT2D eigenvalue weighted by Gasteiger charge is 2.42. The van der Waals surface area contributed by atoms with Crippen LogP contribution in [0.2, 0.25) is 0 Å². The van der Waals surface area contributed by atoms with E-state index in [1.165, 1.54) is 12.7 Å².